The van der Waals surface area contributed by atoms with Crippen LogP contribution in [0.4, 0.5) is 0 Å². The van der Waals surface area contributed by atoms with E-state index < -0.39 is 17.3 Å². The molecule has 0 heterocycles. The van der Waals surface area contributed by atoms with Gasteiger partial charge in [0.25, 0.3) is 5.09 Å². The maximum atomic E-state index is 10.2. The SMILES string of the molecule is C=CC(=O)OC(O)C=C.O=[N+]([O-])O. The highest BCUT2D eigenvalue weighted by Gasteiger charge is 2.00. The molecule has 0 aliphatic heterocycles. The number of carbonyl (C=O) groups excluding carboxylic acids is 1. The first kappa shape index (κ1) is 13.7. The Morgan fingerprint density at radius 1 is 1.62 bits per heavy atom. The minimum absolute atomic E-state index is 0.664. The van der Waals surface area contributed by atoms with Crippen molar-refractivity contribution in [1.82, 2.24) is 0 Å². The van der Waals surface area contributed by atoms with Gasteiger partial charge in [-0.05, 0) is 6.08 Å². The molecule has 0 spiro atoms. The monoisotopic (exact) mass is 191 g/mol. The van der Waals surface area contributed by atoms with Crippen molar-refractivity contribution in [3.05, 3.63) is 35.4 Å². The number of hydrogen-bond donors (Lipinski definition) is 2. The van der Waals surface area contributed by atoms with Crippen LogP contribution in [0.3, 0.4) is 0 Å². The standard InChI is InChI=1S/C6H8O3.HNO3/c1-3-5(7)9-6(8)4-2;2-1(3)4/h3-5,7H,1-2H2;(H,2,3,4). The molecule has 0 amide bonds. The molecule has 1 unspecified atom stereocenters. The minimum Gasteiger partial charge on any atom is -0.429 e. The Kier molecular flexibility index (Phi) is 8.64. The second-order valence-corrected chi connectivity index (χ2v) is 1.51. The highest BCUT2D eigenvalue weighted by Crippen LogP contribution is 1.87. The molecule has 7 nitrogen and oxygen atoms in total. The second-order valence-electron chi connectivity index (χ2n) is 1.51. The zero-order chi connectivity index (χ0) is 10.9. The van der Waals surface area contributed by atoms with Crippen LogP contribution in [0.25, 0.3) is 0 Å². The zero-order valence-electron chi connectivity index (χ0n) is 6.62. The predicted molar refractivity (Wildman–Crippen MR) is 41.3 cm³/mol. The summed E-state index contributed by atoms with van der Waals surface area (Å²) in [5, 5.41) is 22.2. The molecule has 0 rings (SSSR count). The van der Waals surface area contributed by atoms with E-state index in [0.29, 0.717) is 0 Å². The third kappa shape index (κ3) is 17.8. The molecule has 0 aliphatic rings. The van der Waals surface area contributed by atoms with Gasteiger partial charge < -0.3 is 15.1 Å². The van der Waals surface area contributed by atoms with Gasteiger partial charge in [-0.1, -0.05) is 13.2 Å². The van der Waals surface area contributed by atoms with Gasteiger partial charge >= 0.3 is 5.97 Å². The van der Waals surface area contributed by atoms with E-state index in [-0.39, 0.29) is 0 Å². The van der Waals surface area contributed by atoms with Gasteiger partial charge in [0.05, 0.1) is 0 Å². The van der Waals surface area contributed by atoms with Crippen molar-refractivity contribution in [1.29, 1.82) is 0 Å². The minimum atomic E-state index is -1.50. The summed E-state index contributed by atoms with van der Waals surface area (Å²) in [6.07, 6.45) is 0.837. The summed E-state index contributed by atoms with van der Waals surface area (Å²) in [4.78, 5) is 18.6. The Hall–Kier alpha value is -1.89. The molecular weight excluding hydrogens is 182 g/mol. The average molecular weight is 191 g/mol. The van der Waals surface area contributed by atoms with E-state index in [4.69, 9.17) is 20.4 Å². The number of aliphatic hydroxyl groups excluding tert-OH is 1. The van der Waals surface area contributed by atoms with E-state index in [2.05, 4.69) is 17.9 Å². The molecule has 0 radical (unpaired) electrons. The molecule has 7 heteroatoms. The van der Waals surface area contributed by atoms with Crippen molar-refractivity contribution >= 4 is 5.97 Å². The van der Waals surface area contributed by atoms with Crippen molar-refractivity contribution < 1.29 is 24.9 Å². The van der Waals surface area contributed by atoms with Crippen molar-refractivity contribution in [3.8, 4) is 0 Å². The first-order valence-corrected chi connectivity index (χ1v) is 2.91. The number of ether oxygens (including phenoxy) is 1. The molecular formula is C6H9NO6. The Balaban J connectivity index is 0. The van der Waals surface area contributed by atoms with Gasteiger partial charge in [-0.15, -0.1) is 10.1 Å². The lowest BCUT2D eigenvalue weighted by Crippen LogP contribution is -2.12. The van der Waals surface area contributed by atoms with Crippen LogP contribution in [0.1, 0.15) is 0 Å². The number of carbonyl (C=O) groups is 1. The smallest absolute Gasteiger partial charge is 0.332 e. The van der Waals surface area contributed by atoms with E-state index in [1.165, 1.54) is 0 Å². The van der Waals surface area contributed by atoms with Crippen molar-refractivity contribution in [3.63, 3.8) is 0 Å². The summed E-state index contributed by atoms with van der Waals surface area (Å²) < 4.78 is 4.23. The van der Waals surface area contributed by atoms with Gasteiger partial charge in [0.1, 0.15) is 0 Å². The van der Waals surface area contributed by atoms with Crippen LogP contribution in [0.2, 0.25) is 0 Å². The number of rotatable bonds is 3. The fourth-order valence-electron chi connectivity index (χ4n) is 0.215. The summed E-state index contributed by atoms with van der Waals surface area (Å²) in [5.41, 5.74) is 0. The summed E-state index contributed by atoms with van der Waals surface area (Å²) in [6, 6.07) is 0. The number of hydrogen-bond acceptors (Lipinski definition) is 5. The molecule has 1 atom stereocenters. The van der Waals surface area contributed by atoms with E-state index in [9.17, 15) is 4.79 Å². The average Bonchev–Trinajstić information content (AvgIpc) is 2.03. The first-order chi connectivity index (χ1) is 5.93. The molecule has 0 aromatic rings. The first-order valence-electron chi connectivity index (χ1n) is 2.91. The molecule has 0 saturated carbocycles. The lowest BCUT2D eigenvalue weighted by Gasteiger charge is -2.02. The Morgan fingerprint density at radius 2 is 2.00 bits per heavy atom. The van der Waals surface area contributed by atoms with Crippen molar-refractivity contribution in [2.24, 2.45) is 0 Å². The second kappa shape index (κ2) is 8.21. The fraction of sp³-hybridized carbons (Fsp3) is 0.167. The van der Waals surface area contributed by atoms with E-state index >= 15 is 0 Å². The molecule has 13 heavy (non-hydrogen) atoms. The van der Waals surface area contributed by atoms with Gasteiger partial charge in [0.15, 0.2) is 0 Å². The lowest BCUT2D eigenvalue weighted by atomic mass is 10.6. The van der Waals surface area contributed by atoms with Gasteiger partial charge in [0, 0.05) is 6.08 Å². The van der Waals surface area contributed by atoms with Crippen LogP contribution in [-0.4, -0.2) is 27.7 Å². The van der Waals surface area contributed by atoms with Gasteiger partial charge in [-0.3, -0.25) is 0 Å². The summed E-state index contributed by atoms with van der Waals surface area (Å²) in [6.45, 7) is 6.31. The topological polar surface area (TPSA) is 110 Å². The zero-order valence-corrected chi connectivity index (χ0v) is 6.62. The number of aliphatic hydroxyl groups is 1. The van der Waals surface area contributed by atoms with Crippen molar-refractivity contribution in [2.45, 2.75) is 6.29 Å². The Morgan fingerprint density at radius 3 is 2.23 bits per heavy atom. The molecule has 0 aliphatic carbocycles. The van der Waals surface area contributed by atoms with Gasteiger partial charge in [-0.2, -0.15) is 0 Å². The molecule has 0 bridgehead atoms. The number of esters is 1. The van der Waals surface area contributed by atoms with Gasteiger partial charge in [0.2, 0.25) is 6.29 Å². The fourth-order valence-corrected chi connectivity index (χ4v) is 0.215. The van der Waals surface area contributed by atoms with Crippen LogP contribution >= 0.6 is 0 Å². The lowest BCUT2D eigenvalue weighted by molar-refractivity contribution is -0.742. The van der Waals surface area contributed by atoms with E-state index in [1.807, 2.05) is 0 Å². The number of nitrogens with zero attached hydrogens (tertiary/aromatic N) is 1. The summed E-state index contributed by atoms with van der Waals surface area (Å²) in [5.74, 6) is -0.664. The van der Waals surface area contributed by atoms with Crippen molar-refractivity contribution in [2.75, 3.05) is 0 Å². The van der Waals surface area contributed by atoms with E-state index in [1.54, 1.807) is 0 Å². The van der Waals surface area contributed by atoms with Crippen LogP contribution in [0, 0.1) is 10.1 Å². The Labute approximate surface area is 73.7 Å². The van der Waals surface area contributed by atoms with Gasteiger partial charge in [-0.25, -0.2) is 4.79 Å². The van der Waals surface area contributed by atoms with Crippen LogP contribution in [0.5, 0.6) is 0 Å². The molecule has 74 valence electrons. The quantitative estimate of drug-likeness (QED) is 0.160. The highest BCUT2D eigenvalue weighted by atomic mass is 16.9. The van der Waals surface area contributed by atoms with Crippen LogP contribution in [-0.2, 0) is 9.53 Å². The largest absolute Gasteiger partial charge is 0.429 e. The molecule has 0 aromatic heterocycles. The summed E-state index contributed by atoms with van der Waals surface area (Å²) in [7, 11) is 0. The summed E-state index contributed by atoms with van der Waals surface area (Å²) >= 11 is 0. The molecule has 2 N–H and O–H groups in total. The maximum absolute atomic E-state index is 10.2. The van der Waals surface area contributed by atoms with E-state index in [0.717, 1.165) is 12.2 Å². The third-order valence-corrected chi connectivity index (χ3v) is 0.605. The maximum Gasteiger partial charge on any atom is 0.332 e. The highest BCUT2D eigenvalue weighted by molar-refractivity contribution is 5.81. The van der Waals surface area contributed by atoms with Crippen LogP contribution in [0.15, 0.2) is 25.3 Å². The van der Waals surface area contributed by atoms with Crippen LogP contribution < -0.4 is 0 Å². The molecule has 0 aromatic carbocycles. The normalized spacial score (nSPS) is 9.92. The predicted octanol–water partition coefficient (Wildman–Crippen LogP) is -0.128. The molecule has 0 fully saturated rings. The molecule has 0 saturated heterocycles. The Bertz CT molecular complexity index is 197. The third-order valence-electron chi connectivity index (χ3n) is 0.605.